The standard InChI is InChI=1S/C22H26F3S/c1-20(2,3)16-7-9-18-14(12-16)11-15-13-17(21(4,5)6)8-10-19(15)26(18)22(23,24)25/h7-10,12-13H,11H2,1-6H3/q+1. The van der Waals surface area contributed by atoms with Crippen molar-refractivity contribution in [2.75, 3.05) is 0 Å². The summed E-state index contributed by atoms with van der Waals surface area (Å²) in [7, 11) is -1.88. The van der Waals surface area contributed by atoms with Gasteiger partial charge in [-0.2, -0.15) is 0 Å². The Balaban J connectivity index is 2.20. The molecule has 0 spiro atoms. The molecular weight excluding hydrogens is 353 g/mol. The van der Waals surface area contributed by atoms with Crippen molar-refractivity contribution in [1.82, 2.24) is 0 Å². The van der Waals surface area contributed by atoms with E-state index in [0.717, 1.165) is 22.3 Å². The van der Waals surface area contributed by atoms with Gasteiger partial charge in [-0.3, -0.25) is 0 Å². The third-order valence-corrected chi connectivity index (χ3v) is 7.04. The molecule has 0 fully saturated rings. The Morgan fingerprint density at radius 1 is 0.692 bits per heavy atom. The zero-order valence-electron chi connectivity index (χ0n) is 16.2. The minimum Gasteiger partial charge on any atom is -0.122 e. The van der Waals surface area contributed by atoms with Gasteiger partial charge in [-0.05, 0) is 46.2 Å². The van der Waals surface area contributed by atoms with Crippen molar-refractivity contribution in [3.8, 4) is 0 Å². The molecule has 0 N–H and O–H groups in total. The molecule has 0 saturated heterocycles. The van der Waals surface area contributed by atoms with Crippen molar-refractivity contribution < 1.29 is 13.2 Å². The summed E-state index contributed by atoms with van der Waals surface area (Å²) >= 11 is 0. The lowest BCUT2D eigenvalue weighted by Crippen LogP contribution is -2.30. The fourth-order valence-electron chi connectivity index (χ4n) is 3.34. The summed E-state index contributed by atoms with van der Waals surface area (Å²) in [6.07, 6.45) is 0.568. The molecule has 0 aromatic heterocycles. The van der Waals surface area contributed by atoms with Gasteiger partial charge in [-0.25, -0.2) is 0 Å². The van der Waals surface area contributed by atoms with E-state index in [1.165, 1.54) is 0 Å². The molecule has 2 aromatic carbocycles. The number of fused-ring (bicyclic) bond motifs is 2. The minimum atomic E-state index is -4.27. The molecule has 140 valence electrons. The van der Waals surface area contributed by atoms with Gasteiger partial charge in [0.15, 0.2) is 20.7 Å². The summed E-state index contributed by atoms with van der Waals surface area (Å²) in [4.78, 5) is 0.864. The molecule has 1 aliphatic rings. The van der Waals surface area contributed by atoms with Gasteiger partial charge < -0.3 is 0 Å². The first-order valence-corrected chi connectivity index (χ1v) is 10.1. The molecule has 2 aromatic rings. The Kier molecular flexibility index (Phi) is 4.50. The maximum atomic E-state index is 14.0. The van der Waals surface area contributed by atoms with E-state index in [2.05, 4.69) is 41.5 Å². The van der Waals surface area contributed by atoms with Crippen molar-refractivity contribution in [2.24, 2.45) is 0 Å². The molecule has 3 rings (SSSR count). The fraction of sp³-hybridized carbons (Fsp3) is 0.455. The van der Waals surface area contributed by atoms with Crippen molar-refractivity contribution in [1.29, 1.82) is 0 Å². The van der Waals surface area contributed by atoms with Crippen LogP contribution in [0.15, 0.2) is 46.2 Å². The van der Waals surface area contributed by atoms with Crippen molar-refractivity contribution in [3.63, 3.8) is 0 Å². The topological polar surface area (TPSA) is 0 Å². The van der Waals surface area contributed by atoms with Gasteiger partial charge >= 0.3 is 5.51 Å². The van der Waals surface area contributed by atoms with Crippen LogP contribution in [0.4, 0.5) is 13.2 Å². The fourth-order valence-corrected chi connectivity index (χ4v) is 5.27. The predicted molar refractivity (Wildman–Crippen MR) is 103 cm³/mol. The van der Waals surface area contributed by atoms with Crippen LogP contribution in [0.25, 0.3) is 0 Å². The molecule has 1 heterocycles. The highest BCUT2D eigenvalue weighted by molar-refractivity contribution is 7.98. The van der Waals surface area contributed by atoms with Crippen LogP contribution >= 0.6 is 0 Å². The maximum Gasteiger partial charge on any atom is 0.586 e. The smallest absolute Gasteiger partial charge is 0.122 e. The van der Waals surface area contributed by atoms with Crippen LogP contribution in [0.3, 0.4) is 0 Å². The van der Waals surface area contributed by atoms with Crippen LogP contribution in [0.2, 0.25) is 0 Å². The molecule has 0 amide bonds. The second kappa shape index (κ2) is 6.05. The van der Waals surface area contributed by atoms with Crippen LogP contribution in [-0.4, -0.2) is 5.51 Å². The highest BCUT2D eigenvalue weighted by Gasteiger charge is 2.57. The Morgan fingerprint density at radius 3 is 1.38 bits per heavy atom. The summed E-state index contributed by atoms with van der Waals surface area (Å²) in [5.74, 6) is 0. The summed E-state index contributed by atoms with van der Waals surface area (Å²) in [5.41, 5.74) is -0.641. The number of alkyl halides is 3. The Morgan fingerprint density at radius 2 is 1.08 bits per heavy atom. The van der Waals surface area contributed by atoms with E-state index in [1.54, 1.807) is 12.1 Å². The van der Waals surface area contributed by atoms with Crippen molar-refractivity contribution in [2.45, 2.75) is 74.1 Å². The Bertz CT molecular complexity index is 772. The van der Waals surface area contributed by atoms with E-state index in [-0.39, 0.29) is 10.8 Å². The third kappa shape index (κ3) is 3.53. The van der Waals surface area contributed by atoms with Gasteiger partial charge in [0.2, 0.25) is 0 Å². The van der Waals surface area contributed by atoms with Gasteiger partial charge in [0.25, 0.3) is 0 Å². The normalized spacial score (nSPS) is 15.6. The molecule has 0 bridgehead atoms. The van der Waals surface area contributed by atoms with Crippen LogP contribution in [0.5, 0.6) is 0 Å². The number of hydrogen-bond donors (Lipinski definition) is 0. The molecule has 0 aliphatic carbocycles. The lowest BCUT2D eigenvalue weighted by Gasteiger charge is -2.26. The lowest BCUT2D eigenvalue weighted by atomic mass is 9.84. The zero-order chi connectivity index (χ0) is 19.5. The van der Waals surface area contributed by atoms with Gasteiger partial charge in [0.05, 0.1) is 0 Å². The zero-order valence-corrected chi connectivity index (χ0v) is 17.0. The van der Waals surface area contributed by atoms with Crippen molar-refractivity contribution >= 4 is 10.9 Å². The van der Waals surface area contributed by atoms with Gasteiger partial charge in [-0.1, -0.05) is 53.7 Å². The average molecular weight is 380 g/mol. The Hall–Kier alpha value is -1.42. The molecule has 0 saturated carbocycles. The number of rotatable bonds is 0. The van der Waals surface area contributed by atoms with Crippen LogP contribution in [0.1, 0.15) is 63.8 Å². The molecule has 0 radical (unpaired) electrons. The van der Waals surface area contributed by atoms with Gasteiger partial charge in [-0.15, -0.1) is 13.2 Å². The Labute approximate surface area is 157 Å². The molecule has 0 atom stereocenters. The first-order chi connectivity index (χ1) is 11.8. The average Bonchev–Trinajstić information content (AvgIpc) is 2.48. The summed E-state index contributed by atoms with van der Waals surface area (Å²) < 4.78 is 41.9. The second-order valence-corrected chi connectivity index (χ2v) is 11.0. The van der Waals surface area contributed by atoms with Crippen LogP contribution in [0, 0.1) is 0 Å². The van der Waals surface area contributed by atoms with Crippen LogP contribution < -0.4 is 0 Å². The molecule has 1 aliphatic heterocycles. The van der Waals surface area contributed by atoms with E-state index in [0.29, 0.717) is 16.2 Å². The first kappa shape index (κ1) is 19.3. The number of halogens is 3. The largest absolute Gasteiger partial charge is 0.586 e. The third-order valence-electron chi connectivity index (χ3n) is 4.91. The lowest BCUT2D eigenvalue weighted by molar-refractivity contribution is -0.0372. The predicted octanol–water partition coefficient (Wildman–Crippen LogP) is 6.74. The SMILES string of the molecule is CC(C)(C)c1ccc2c(c1)Cc1cc(C(C)(C)C)ccc1[S+]2C(F)(F)F. The molecule has 26 heavy (non-hydrogen) atoms. The van der Waals surface area contributed by atoms with E-state index in [1.807, 2.05) is 24.3 Å². The number of hydrogen-bond acceptors (Lipinski definition) is 0. The molecule has 4 heteroatoms. The number of benzene rings is 2. The van der Waals surface area contributed by atoms with E-state index in [9.17, 15) is 13.2 Å². The maximum absolute atomic E-state index is 14.0. The monoisotopic (exact) mass is 379 g/mol. The highest BCUT2D eigenvalue weighted by Crippen LogP contribution is 2.46. The van der Waals surface area contributed by atoms with E-state index >= 15 is 0 Å². The molecule has 0 unspecified atom stereocenters. The van der Waals surface area contributed by atoms with Gasteiger partial charge in [0, 0.05) is 17.5 Å². The highest BCUT2D eigenvalue weighted by atomic mass is 32.2. The van der Waals surface area contributed by atoms with Crippen LogP contribution in [-0.2, 0) is 28.1 Å². The summed E-state index contributed by atoms with van der Waals surface area (Å²) in [5, 5.41) is 0. The molecule has 0 nitrogen and oxygen atoms in total. The van der Waals surface area contributed by atoms with Crippen molar-refractivity contribution in [3.05, 3.63) is 58.7 Å². The molecular formula is C22H26F3S+. The van der Waals surface area contributed by atoms with Gasteiger partial charge in [0.1, 0.15) is 0 Å². The minimum absolute atomic E-state index is 0.0839. The summed E-state index contributed by atoms with van der Waals surface area (Å²) in [6, 6.07) is 11.1. The summed E-state index contributed by atoms with van der Waals surface area (Å²) in [6.45, 7) is 12.5. The van der Waals surface area contributed by atoms with E-state index in [4.69, 9.17) is 0 Å². The quantitative estimate of drug-likeness (QED) is 0.445. The second-order valence-electron chi connectivity index (χ2n) is 9.07. The van der Waals surface area contributed by atoms with E-state index < -0.39 is 16.4 Å². The first-order valence-electron chi connectivity index (χ1n) is 8.86.